The van der Waals surface area contributed by atoms with Gasteiger partial charge in [0.05, 0.1) is 17.1 Å². The lowest BCUT2D eigenvalue weighted by Crippen LogP contribution is -2.48. The second-order valence-electron chi connectivity index (χ2n) is 6.72. The number of rotatable bonds is 4. The highest BCUT2D eigenvalue weighted by atomic mass is 32.2. The van der Waals surface area contributed by atoms with Crippen molar-refractivity contribution in [3.8, 4) is 0 Å². The molecule has 27 heavy (non-hydrogen) atoms. The van der Waals surface area contributed by atoms with Crippen LogP contribution in [0.5, 0.6) is 0 Å². The van der Waals surface area contributed by atoms with Gasteiger partial charge in [-0.25, -0.2) is 13.4 Å². The van der Waals surface area contributed by atoms with Gasteiger partial charge in [0.2, 0.25) is 10.0 Å². The summed E-state index contributed by atoms with van der Waals surface area (Å²) in [5, 5.41) is 2.73. The zero-order valence-corrected chi connectivity index (χ0v) is 16.4. The fourth-order valence-corrected chi connectivity index (χ4v) is 4.64. The molecule has 1 N–H and O–H groups in total. The lowest BCUT2D eigenvalue weighted by atomic mass is 10.2. The van der Waals surface area contributed by atoms with Gasteiger partial charge in [0.1, 0.15) is 5.69 Å². The van der Waals surface area contributed by atoms with Crippen molar-refractivity contribution in [2.75, 3.05) is 18.4 Å². The molecule has 1 amide bonds. The summed E-state index contributed by atoms with van der Waals surface area (Å²) < 4.78 is 32.7. The summed E-state index contributed by atoms with van der Waals surface area (Å²) in [5.74, 6) is -0.342. The molecule has 2 heterocycles. The van der Waals surface area contributed by atoms with Gasteiger partial charge in [-0.1, -0.05) is 6.07 Å². The fraction of sp³-hybridized carbons (Fsp3) is 0.368. The van der Waals surface area contributed by atoms with E-state index in [1.807, 2.05) is 26.8 Å². The molecule has 1 saturated heterocycles. The number of sulfonamides is 1. The molecule has 144 valence electrons. The standard InChI is InChI=1S/C19H23N3O4S/c1-13-5-4-6-18(20-13)19(23)21-16-7-9-17(10-8-16)27(24,25)22-11-14(2)26-15(3)12-22/h4-10,14-15H,11-12H2,1-3H3,(H,21,23)/t14-,15+. The van der Waals surface area contributed by atoms with Gasteiger partial charge in [0.15, 0.2) is 0 Å². The minimum absolute atomic E-state index is 0.149. The Labute approximate surface area is 159 Å². The average Bonchev–Trinajstić information content (AvgIpc) is 2.61. The van der Waals surface area contributed by atoms with E-state index in [0.29, 0.717) is 24.5 Å². The molecule has 1 aromatic carbocycles. The Morgan fingerprint density at radius 2 is 1.74 bits per heavy atom. The van der Waals surface area contributed by atoms with Crippen molar-refractivity contribution in [3.63, 3.8) is 0 Å². The van der Waals surface area contributed by atoms with Gasteiger partial charge in [-0.3, -0.25) is 4.79 Å². The highest BCUT2D eigenvalue weighted by Crippen LogP contribution is 2.22. The Balaban J connectivity index is 1.74. The second-order valence-corrected chi connectivity index (χ2v) is 8.66. The predicted molar refractivity (Wildman–Crippen MR) is 102 cm³/mol. The molecular weight excluding hydrogens is 366 g/mol. The van der Waals surface area contributed by atoms with E-state index >= 15 is 0 Å². The molecule has 0 bridgehead atoms. The topological polar surface area (TPSA) is 88.6 Å². The first kappa shape index (κ1) is 19.5. The number of hydrogen-bond donors (Lipinski definition) is 1. The number of nitrogens with one attached hydrogen (secondary N) is 1. The third kappa shape index (κ3) is 4.52. The van der Waals surface area contributed by atoms with Crippen LogP contribution in [-0.4, -0.2) is 48.9 Å². The number of aryl methyl sites for hydroxylation is 1. The molecule has 1 aliphatic rings. The highest BCUT2D eigenvalue weighted by molar-refractivity contribution is 7.89. The Kier molecular flexibility index (Phi) is 5.59. The average molecular weight is 389 g/mol. The summed E-state index contributed by atoms with van der Waals surface area (Å²) in [6.45, 7) is 6.17. The van der Waals surface area contributed by atoms with Gasteiger partial charge in [-0.05, 0) is 57.2 Å². The van der Waals surface area contributed by atoms with E-state index < -0.39 is 10.0 Å². The smallest absolute Gasteiger partial charge is 0.274 e. The molecule has 0 unspecified atom stereocenters. The SMILES string of the molecule is Cc1cccc(C(=O)Nc2ccc(S(=O)(=O)N3C[C@@H](C)O[C@@H](C)C3)cc2)n1. The summed E-state index contributed by atoms with van der Waals surface area (Å²) in [6.07, 6.45) is -0.298. The van der Waals surface area contributed by atoms with E-state index in [1.54, 1.807) is 24.3 Å². The highest BCUT2D eigenvalue weighted by Gasteiger charge is 2.32. The molecule has 0 aliphatic carbocycles. The summed E-state index contributed by atoms with van der Waals surface area (Å²) in [4.78, 5) is 16.6. The van der Waals surface area contributed by atoms with Crippen LogP contribution in [0.2, 0.25) is 0 Å². The van der Waals surface area contributed by atoms with Crippen molar-refractivity contribution in [1.29, 1.82) is 0 Å². The quantitative estimate of drug-likeness (QED) is 0.868. The van der Waals surface area contributed by atoms with Crippen LogP contribution < -0.4 is 5.32 Å². The largest absolute Gasteiger partial charge is 0.373 e. The maximum atomic E-state index is 12.8. The zero-order valence-electron chi connectivity index (χ0n) is 15.5. The monoisotopic (exact) mass is 389 g/mol. The van der Waals surface area contributed by atoms with E-state index in [1.165, 1.54) is 16.4 Å². The molecule has 1 aliphatic heterocycles. The molecule has 8 heteroatoms. The van der Waals surface area contributed by atoms with Crippen LogP contribution in [0.3, 0.4) is 0 Å². The minimum atomic E-state index is -3.60. The number of amides is 1. The number of anilines is 1. The van der Waals surface area contributed by atoms with Crippen molar-refractivity contribution in [3.05, 3.63) is 53.9 Å². The van der Waals surface area contributed by atoms with E-state index in [9.17, 15) is 13.2 Å². The lowest BCUT2D eigenvalue weighted by Gasteiger charge is -2.34. The van der Waals surface area contributed by atoms with Crippen LogP contribution in [-0.2, 0) is 14.8 Å². The Morgan fingerprint density at radius 1 is 1.11 bits per heavy atom. The number of hydrogen-bond acceptors (Lipinski definition) is 5. The molecule has 1 fully saturated rings. The Bertz CT molecular complexity index is 918. The normalized spacial score (nSPS) is 21.0. The second kappa shape index (κ2) is 7.75. The minimum Gasteiger partial charge on any atom is -0.373 e. The van der Waals surface area contributed by atoms with Crippen LogP contribution in [0.15, 0.2) is 47.4 Å². The maximum Gasteiger partial charge on any atom is 0.274 e. The van der Waals surface area contributed by atoms with Crippen LogP contribution in [0, 0.1) is 6.92 Å². The van der Waals surface area contributed by atoms with Crippen molar-refractivity contribution in [2.45, 2.75) is 37.9 Å². The van der Waals surface area contributed by atoms with Gasteiger partial charge in [-0.2, -0.15) is 4.31 Å². The van der Waals surface area contributed by atoms with Crippen LogP contribution in [0.4, 0.5) is 5.69 Å². The Morgan fingerprint density at radius 3 is 2.33 bits per heavy atom. The number of benzene rings is 1. The molecule has 0 radical (unpaired) electrons. The molecule has 0 saturated carbocycles. The van der Waals surface area contributed by atoms with E-state index in [0.717, 1.165) is 5.69 Å². The van der Waals surface area contributed by atoms with Crippen molar-refractivity contribution in [1.82, 2.24) is 9.29 Å². The predicted octanol–water partition coefficient (Wildman–Crippen LogP) is 2.44. The third-order valence-electron chi connectivity index (χ3n) is 4.26. The zero-order chi connectivity index (χ0) is 19.6. The molecule has 3 rings (SSSR count). The number of ether oxygens (including phenoxy) is 1. The number of morpholine rings is 1. The number of nitrogens with zero attached hydrogens (tertiary/aromatic N) is 2. The molecule has 1 aromatic heterocycles. The molecule has 2 aromatic rings. The maximum absolute atomic E-state index is 12.8. The van der Waals surface area contributed by atoms with Crippen LogP contribution in [0.1, 0.15) is 30.0 Å². The van der Waals surface area contributed by atoms with Gasteiger partial charge in [-0.15, -0.1) is 0 Å². The summed E-state index contributed by atoms with van der Waals surface area (Å²) >= 11 is 0. The van der Waals surface area contributed by atoms with E-state index in [2.05, 4.69) is 10.3 Å². The number of carbonyl (C=O) groups excluding carboxylic acids is 1. The first-order valence-electron chi connectivity index (χ1n) is 8.76. The van der Waals surface area contributed by atoms with Gasteiger partial charge >= 0.3 is 0 Å². The molecule has 0 spiro atoms. The van der Waals surface area contributed by atoms with Crippen molar-refractivity contribution in [2.24, 2.45) is 0 Å². The van der Waals surface area contributed by atoms with Crippen LogP contribution >= 0.6 is 0 Å². The first-order chi connectivity index (χ1) is 12.8. The van der Waals surface area contributed by atoms with E-state index in [-0.39, 0.29) is 23.0 Å². The third-order valence-corrected chi connectivity index (χ3v) is 6.10. The first-order valence-corrected chi connectivity index (χ1v) is 10.2. The fourth-order valence-electron chi connectivity index (χ4n) is 3.05. The summed E-state index contributed by atoms with van der Waals surface area (Å²) in [5.41, 5.74) is 1.56. The summed E-state index contributed by atoms with van der Waals surface area (Å²) in [7, 11) is -3.60. The molecular formula is C19H23N3O4S. The van der Waals surface area contributed by atoms with Gasteiger partial charge < -0.3 is 10.1 Å². The number of aromatic nitrogens is 1. The molecule has 7 nitrogen and oxygen atoms in total. The van der Waals surface area contributed by atoms with Crippen LogP contribution in [0.25, 0.3) is 0 Å². The molecule has 2 atom stereocenters. The van der Waals surface area contributed by atoms with Crippen molar-refractivity contribution >= 4 is 21.6 Å². The number of pyridine rings is 1. The number of carbonyl (C=O) groups is 1. The summed E-state index contributed by atoms with van der Waals surface area (Å²) in [6, 6.07) is 11.4. The van der Waals surface area contributed by atoms with Gasteiger partial charge in [0, 0.05) is 24.5 Å². The lowest BCUT2D eigenvalue weighted by molar-refractivity contribution is -0.0440. The Hall–Kier alpha value is -2.29. The van der Waals surface area contributed by atoms with Gasteiger partial charge in [0.25, 0.3) is 5.91 Å². The van der Waals surface area contributed by atoms with E-state index in [4.69, 9.17) is 4.74 Å². The van der Waals surface area contributed by atoms with Crippen molar-refractivity contribution < 1.29 is 17.9 Å².